The maximum atomic E-state index is 4.66. The van der Waals surface area contributed by atoms with Crippen LogP contribution in [0.5, 0.6) is 0 Å². The van der Waals surface area contributed by atoms with E-state index in [0.717, 1.165) is 39.1 Å². The second-order valence-corrected chi connectivity index (χ2v) is 7.56. The van der Waals surface area contributed by atoms with Crippen LogP contribution >= 0.6 is 11.3 Å². The minimum atomic E-state index is 0.649. The molecule has 0 aliphatic heterocycles. The molecule has 0 aliphatic carbocycles. The fourth-order valence-corrected chi connectivity index (χ4v) is 4.19. The van der Waals surface area contributed by atoms with Gasteiger partial charge in [-0.25, -0.2) is 4.98 Å². The molecule has 5 aromatic rings. The zero-order valence-electron chi connectivity index (χ0n) is 15.9. The Kier molecular flexibility index (Phi) is 4.50. The van der Waals surface area contributed by atoms with Gasteiger partial charge in [-0.15, -0.1) is 21.6 Å². The summed E-state index contributed by atoms with van der Waals surface area (Å²) >= 11 is 1.50. The maximum absolute atomic E-state index is 4.66. The lowest BCUT2D eigenvalue weighted by atomic mass is 10.1. The lowest BCUT2D eigenvalue weighted by molar-refractivity contribution is 0.976. The molecule has 4 nitrogen and oxygen atoms in total. The Labute approximate surface area is 172 Å². The number of fused-ring (bicyclic) bond motifs is 1. The summed E-state index contributed by atoms with van der Waals surface area (Å²) < 4.78 is 2.18. The molecule has 5 heteroatoms. The van der Waals surface area contributed by atoms with Gasteiger partial charge in [0.15, 0.2) is 0 Å². The van der Waals surface area contributed by atoms with Crippen LogP contribution in [0.4, 0.5) is 10.8 Å². The van der Waals surface area contributed by atoms with E-state index in [1.54, 1.807) is 0 Å². The second-order valence-electron chi connectivity index (χ2n) is 6.72. The van der Waals surface area contributed by atoms with E-state index in [1.807, 2.05) is 66.0 Å². The summed E-state index contributed by atoms with van der Waals surface area (Å²) in [6, 6.07) is 28.7. The largest absolute Gasteiger partial charge is 0.342 e. The number of benzene rings is 3. The third-order valence-corrected chi connectivity index (χ3v) is 5.65. The first kappa shape index (κ1) is 17.5. The molecular formula is C24H18N4S. The van der Waals surface area contributed by atoms with E-state index < -0.39 is 0 Å². The van der Waals surface area contributed by atoms with Crippen LogP contribution in [-0.2, 0) is 7.05 Å². The van der Waals surface area contributed by atoms with Crippen LogP contribution in [0.15, 0.2) is 101 Å². The fourth-order valence-electron chi connectivity index (χ4n) is 3.55. The van der Waals surface area contributed by atoms with Crippen molar-refractivity contribution in [1.82, 2.24) is 9.55 Å². The van der Waals surface area contributed by atoms with Crippen molar-refractivity contribution in [2.45, 2.75) is 0 Å². The van der Waals surface area contributed by atoms with Crippen LogP contribution in [0, 0.1) is 0 Å². The highest BCUT2D eigenvalue weighted by molar-refractivity contribution is 7.13. The van der Waals surface area contributed by atoms with E-state index >= 15 is 0 Å². The lowest BCUT2D eigenvalue weighted by Gasteiger charge is -2.05. The number of hydrogen-bond donors (Lipinski definition) is 0. The number of aryl methyl sites for hydroxylation is 1. The number of aromatic nitrogens is 2. The molecule has 0 radical (unpaired) electrons. The fraction of sp³-hybridized carbons (Fsp3) is 0.0417. The topological polar surface area (TPSA) is 42.5 Å². The summed E-state index contributed by atoms with van der Waals surface area (Å²) in [7, 11) is 2.07. The van der Waals surface area contributed by atoms with E-state index in [-0.39, 0.29) is 0 Å². The average molecular weight is 395 g/mol. The summed E-state index contributed by atoms with van der Waals surface area (Å²) in [4.78, 5) is 4.64. The minimum absolute atomic E-state index is 0.649. The smallest absolute Gasteiger partial charge is 0.230 e. The number of azo groups is 1. The number of rotatable bonds is 4. The minimum Gasteiger partial charge on any atom is -0.342 e. The second kappa shape index (κ2) is 7.45. The zero-order valence-corrected chi connectivity index (χ0v) is 16.7. The van der Waals surface area contributed by atoms with Gasteiger partial charge in [-0.1, -0.05) is 78.9 Å². The number of hydrogen-bond acceptors (Lipinski definition) is 4. The summed E-state index contributed by atoms with van der Waals surface area (Å²) in [5.41, 5.74) is 6.17. The monoisotopic (exact) mass is 394 g/mol. The van der Waals surface area contributed by atoms with E-state index in [0.29, 0.717) is 5.13 Å². The molecule has 0 N–H and O–H groups in total. The van der Waals surface area contributed by atoms with Crippen molar-refractivity contribution in [2.75, 3.05) is 0 Å². The Bertz CT molecular complexity index is 1300. The van der Waals surface area contributed by atoms with Crippen molar-refractivity contribution in [1.29, 1.82) is 0 Å². The number of thiazole rings is 1. The Morgan fingerprint density at radius 3 is 2.17 bits per heavy atom. The third-order valence-electron chi connectivity index (χ3n) is 4.92. The van der Waals surface area contributed by atoms with Crippen molar-refractivity contribution in [3.05, 3.63) is 90.3 Å². The van der Waals surface area contributed by atoms with Crippen molar-refractivity contribution < 1.29 is 0 Å². The van der Waals surface area contributed by atoms with E-state index in [2.05, 4.69) is 51.1 Å². The molecule has 0 aliphatic rings. The Morgan fingerprint density at radius 1 is 0.759 bits per heavy atom. The van der Waals surface area contributed by atoms with Crippen LogP contribution in [0.2, 0.25) is 0 Å². The van der Waals surface area contributed by atoms with E-state index in [4.69, 9.17) is 0 Å². The quantitative estimate of drug-likeness (QED) is 0.293. The Balaban J connectivity index is 1.60. The first-order valence-electron chi connectivity index (χ1n) is 9.37. The standard InChI is InChI=1S/C24H18N4S/c1-28-21-15-9-8-14-19(21)22(23(28)18-12-6-3-7-13-18)26-27-24-25-20(16-29-24)17-10-4-2-5-11-17/h2-16H,1H3. The van der Waals surface area contributed by atoms with Crippen molar-refractivity contribution >= 4 is 33.1 Å². The highest BCUT2D eigenvalue weighted by atomic mass is 32.1. The van der Waals surface area contributed by atoms with Gasteiger partial charge in [-0.2, -0.15) is 0 Å². The van der Waals surface area contributed by atoms with Crippen LogP contribution < -0.4 is 0 Å². The van der Waals surface area contributed by atoms with Crippen LogP contribution in [0.1, 0.15) is 0 Å². The summed E-state index contributed by atoms with van der Waals surface area (Å²) in [6.07, 6.45) is 0. The molecule has 0 bridgehead atoms. The van der Waals surface area contributed by atoms with Gasteiger partial charge in [-0.05, 0) is 6.07 Å². The molecule has 0 spiro atoms. The molecule has 2 aromatic heterocycles. The molecule has 3 aromatic carbocycles. The molecule has 0 unspecified atom stereocenters. The van der Waals surface area contributed by atoms with Gasteiger partial charge in [0.25, 0.3) is 0 Å². The molecule has 0 fully saturated rings. The SMILES string of the molecule is Cn1c(-c2ccccc2)c(N=Nc2nc(-c3ccccc3)cs2)c2ccccc21. The van der Waals surface area contributed by atoms with Gasteiger partial charge in [0, 0.05) is 28.9 Å². The highest BCUT2D eigenvalue weighted by Gasteiger charge is 2.16. The van der Waals surface area contributed by atoms with Crippen molar-refractivity contribution in [2.24, 2.45) is 17.3 Å². The Hall–Kier alpha value is -3.57. The average Bonchev–Trinajstić information content (AvgIpc) is 3.37. The van der Waals surface area contributed by atoms with Crippen LogP contribution in [0.3, 0.4) is 0 Å². The van der Waals surface area contributed by atoms with Gasteiger partial charge in [0.05, 0.1) is 16.9 Å². The molecule has 0 amide bonds. The molecule has 0 saturated heterocycles. The van der Waals surface area contributed by atoms with Gasteiger partial charge in [0.2, 0.25) is 5.13 Å². The van der Waals surface area contributed by atoms with Crippen LogP contribution in [0.25, 0.3) is 33.4 Å². The predicted octanol–water partition coefficient (Wildman–Crippen LogP) is 7.38. The third kappa shape index (κ3) is 3.26. The van der Waals surface area contributed by atoms with Crippen molar-refractivity contribution in [3.8, 4) is 22.5 Å². The normalized spacial score (nSPS) is 11.5. The highest BCUT2D eigenvalue weighted by Crippen LogP contribution is 2.40. The first-order chi connectivity index (χ1) is 14.3. The molecular weight excluding hydrogens is 376 g/mol. The molecule has 140 valence electrons. The molecule has 0 atom stereocenters. The van der Waals surface area contributed by atoms with E-state index in [9.17, 15) is 0 Å². The molecule has 2 heterocycles. The molecule has 5 rings (SSSR count). The van der Waals surface area contributed by atoms with Crippen molar-refractivity contribution in [3.63, 3.8) is 0 Å². The van der Waals surface area contributed by atoms with E-state index in [1.165, 1.54) is 11.3 Å². The lowest BCUT2D eigenvalue weighted by Crippen LogP contribution is -1.90. The molecule has 29 heavy (non-hydrogen) atoms. The summed E-state index contributed by atoms with van der Waals surface area (Å²) in [5, 5.41) is 12.9. The van der Waals surface area contributed by atoms with Gasteiger partial charge >= 0.3 is 0 Å². The Morgan fingerprint density at radius 2 is 1.41 bits per heavy atom. The predicted molar refractivity (Wildman–Crippen MR) is 120 cm³/mol. The maximum Gasteiger partial charge on any atom is 0.230 e. The van der Waals surface area contributed by atoms with Gasteiger partial charge in [0.1, 0.15) is 5.69 Å². The van der Waals surface area contributed by atoms with Gasteiger partial charge in [-0.3, -0.25) is 0 Å². The zero-order chi connectivity index (χ0) is 19.6. The number of para-hydroxylation sites is 1. The van der Waals surface area contributed by atoms with Gasteiger partial charge < -0.3 is 4.57 Å². The summed E-state index contributed by atoms with van der Waals surface area (Å²) in [6.45, 7) is 0. The van der Waals surface area contributed by atoms with Crippen LogP contribution in [-0.4, -0.2) is 9.55 Å². The summed E-state index contributed by atoms with van der Waals surface area (Å²) in [5.74, 6) is 0. The first-order valence-corrected chi connectivity index (χ1v) is 10.2. The number of nitrogens with zero attached hydrogens (tertiary/aromatic N) is 4. The molecule has 0 saturated carbocycles.